The first-order chi connectivity index (χ1) is 15.3. The van der Waals surface area contributed by atoms with Crippen molar-refractivity contribution in [3.8, 4) is 0 Å². The monoisotopic (exact) mass is 446 g/mol. The van der Waals surface area contributed by atoms with E-state index in [9.17, 15) is 14.7 Å². The number of pyridine rings is 1. The van der Waals surface area contributed by atoms with Gasteiger partial charge in [-0.1, -0.05) is 79.5 Å². The van der Waals surface area contributed by atoms with E-state index in [0.717, 1.165) is 11.1 Å². The number of carbonyl (C=O) groups excluding carboxylic acids is 2. The minimum absolute atomic E-state index is 0.0351. The number of Topliss-reactive ketones (excluding diaryl/α,β-unsaturated/α-hetero) is 1. The number of carbonyl (C=O) groups is 2. The van der Waals surface area contributed by atoms with Crippen LogP contribution < -0.4 is 4.90 Å². The molecule has 1 saturated heterocycles. The number of aliphatic hydroxyl groups excluding tert-OH is 1. The Hall–Kier alpha value is -3.44. The van der Waals surface area contributed by atoms with E-state index in [2.05, 4.69) is 18.8 Å². The summed E-state index contributed by atoms with van der Waals surface area (Å²) < 4.78 is 0. The lowest BCUT2D eigenvalue weighted by Crippen LogP contribution is -2.30. The number of amides is 1. The molecule has 0 radical (unpaired) electrons. The van der Waals surface area contributed by atoms with E-state index in [1.807, 2.05) is 43.3 Å². The molecule has 2 heterocycles. The fourth-order valence-electron chi connectivity index (χ4n) is 3.82. The van der Waals surface area contributed by atoms with Crippen molar-refractivity contribution < 1.29 is 14.7 Å². The van der Waals surface area contributed by atoms with Crippen molar-refractivity contribution in [2.24, 2.45) is 0 Å². The Balaban J connectivity index is 1.91. The molecule has 1 unspecified atom stereocenters. The molecule has 5 nitrogen and oxygen atoms in total. The van der Waals surface area contributed by atoms with E-state index < -0.39 is 17.7 Å². The molecule has 1 N–H and O–H groups in total. The summed E-state index contributed by atoms with van der Waals surface area (Å²) in [7, 11) is 0. The van der Waals surface area contributed by atoms with Crippen LogP contribution in [0.1, 0.15) is 48.1 Å². The number of ketones is 1. The van der Waals surface area contributed by atoms with Gasteiger partial charge in [-0.3, -0.25) is 14.5 Å². The molecule has 6 heteroatoms. The fourth-order valence-corrected chi connectivity index (χ4v) is 3.94. The average Bonchev–Trinajstić information content (AvgIpc) is 3.05. The zero-order chi connectivity index (χ0) is 23.0. The van der Waals surface area contributed by atoms with Crippen molar-refractivity contribution in [2.45, 2.75) is 32.7 Å². The van der Waals surface area contributed by atoms with Gasteiger partial charge < -0.3 is 5.11 Å². The zero-order valence-electron chi connectivity index (χ0n) is 18.0. The molecule has 0 aliphatic carbocycles. The molecule has 3 aromatic rings. The lowest BCUT2D eigenvalue weighted by atomic mass is 9.93. The van der Waals surface area contributed by atoms with Crippen molar-refractivity contribution in [3.63, 3.8) is 0 Å². The average molecular weight is 447 g/mol. The summed E-state index contributed by atoms with van der Waals surface area (Å²) in [6.45, 7) is 6.12. The van der Waals surface area contributed by atoms with Crippen LogP contribution in [0.4, 0.5) is 5.82 Å². The van der Waals surface area contributed by atoms with E-state index in [0.29, 0.717) is 22.1 Å². The molecule has 1 aromatic heterocycles. The number of halogens is 1. The molecular weight excluding hydrogens is 424 g/mol. The third kappa shape index (κ3) is 3.92. The molecule has 0 bridgehead atoms. The number of nitrogens with zero attached hydrogens (tertiary/aromatic N) is 2. The normalized spacial score (nSPS) is 17.9. The third-order valence-corrected chi connectivity index (χ3v) is 5.87. The van der Waals surface area contributed by atoms with Crippen LogP contribution in [0.2, 0.25) is 5.02 Å². The molecule has 0 saturated carbocycles. The van der Waals surface area contributed by atoms with Crippen LogP contribution in [0.25, 0.3) is 5.76 Å². The Morgan fingerprint density at radius 3 is 2.22 bits per heavy atom. The molecule has 4 rings (SSSR count). The Morgan fingerprint density at radius 1 is 1.00 bits per heavy atom. The number of aromatic nitrogens is 1. The Morgan fingerprint density at radius 2 is 1.66 bits per heavy atom. The Bertz CT molecular complexity index is 1200. The van der Waals surface area contributed by atoms with E-state index in [1.165, 1.54) is 11.1 Å². The number of anilines is 1. The quantitative estimate of drug-likeness (QED) is 0.312. The highest BCUT2D eigenvalue weighted by Crippen LogP contribution is 2.41. The maximum Gasteiger partial charge on any atom is 0.301 e. The summed E-state index contributed by atoms with van der Waals surface area (Å²) in [5, 5.41) is 11.5. The summed E-state index contributed by atoms with van der Waals surface area (Å²) in [5.74, 6) is -1.08. The zero-order valence-corrected chi connectivity index (χ0v) is 18.8. The van der Waals surface area contributed by atoms with Gasteiger partial charge >= 0.3 is 5.91 Å². The molecular formula is C26H23ClN2O3. The van der Waals surface area contributed by atoms with Crippen molar-refractivity contribution in [1.82, 2.24) is 4.98 Å². The van der Waals surface area contributed by atoms with Crippen molar-refractivity contribution in [3.05, 3.63) is 99.7 Å². The van der Waals surface area contributed by atoms with Crippen molar-refractivity contribution in [2.75, 3.05) is 4.90 Å². The predicted molar refractivity (Wildman–Crippen MR) is 126 cm³/mol. The summed E-state index contributed by atoms with van der Waals surface area (Å²) in [4.78, 5) is 31.8. The molecule has 1 aliphatic rings. The number of aliphatic hydroxyl groups is 1. The van der Waals surface area contributed by atoms with Crippen LogP contribution in [-0.2, 0) is 9.59 Å². The molecule has 1 amide bonds. The van der Waals surface area contributed by atoms with Crippen molar-refractivity contribution >= 4 is 34.9 Å². The molecule has 162 valence electrons. The summed E-state index contributed by atoms with van der Waals surface area (Å²) in [6, 6.07) is 17.3. The minimum Gasteiger partial charge on any atom is -0.507 e. The second-order valence-electron chi connectivity index (χ2n) is 8.19. The Kier molecular flexibility index (Phi) is 5.85. The fraction of sp³-hybridized carbons (Fsp3) is 0.192. The van der Waals surface area contributed by atoms with Gasteiger partial charge in [-0.25, -0.2) is 4.98 Å². The predicted octanol–water partition coefficient (Wildman–Crippen LogP) is 5.79. The minimum atomic E-state index is -0.814. The Labute approximate surface area is 192 Å². The van der Waals surface area contributed by atoms with E-state index in [4.69, 9.17) is 11.6 Å². The second-order valence-corrected chi connectivity index (χ2v) is 8.63. The largest absolute Gasteiger partial charge is 0.507 e. The van der Waals surface area contributed by atoms with Gasteiger partial charge in [-0.2, -0.15) is 0 Å². The lowest BCUT2D eigenvalue weighted by Gasteiger charge is -2.25. The van der Waals surface area contributed by atoms with Crippen LogP contribution >= 0.6 is 11.6 Å². The second kappa shape index (κ2) is 8.60. The maximum absolute atomic E-state index is 13.1. The van der Waals surface area contributed by atoms with Gasteiger partial charge in [-0.05, 0) is 36.1 Å². The highest BCUT2D eigenvalue weighted by molar-refractivity contribution is 6.51. The van der Waals surface area contributed by atoms with E-state index >= 15 is 0 Å². The van der Waals surface area contributed by atoms with Crippen LogP contribution in [-0.4, -0.2) is 21.8 Å². The molecule has 0 spiro atoms. The van der Waals surface area contributed by atoms with Gasteiger partial charge in [0.05, 0.1) is 16.6 Å². The van der Waals surface area contributed by atoms with Gasteiger partial charge in [-0.15, -0.1) is 0 Å². The third-order valence-electron chi connectivity index (χ3n) is 5.65. The molecule has 1 aliphatic heterocycles. The SMILES string of the molecule is Cc1ccc(/C(O)=C2/C(=O)C(=O)N(c3ccc(Cl)cn3)C2c2ccc(C(C)C)cc2)cc1. The van der Waals surface area contributed by atoms with Crippen LogP contribution in [0.3, 0.4) is 0 Å². The van der Waals surface area contributed by atoms with Gasteiger partial charge in [0, 0.05) is 11.8 Å². The van der Waals surface area contributed by atoms with E-state index in [1.54, 1.807) is 24.3 Å². The number of hydrogen-bond acceptors (Lipinski definition) is 4. The number of rotatable bonds is 4. The molecule has 1 atom stereocenters. The summed E-state index contributed by atoms with van der Waals surface area (Å²) >= 11 is 5.97. The lowest BCUT2D eigenvalue weighted by molar-refractivity contribution is -0.132. The van der Waals surface area contributed by atoms with Gasteiger partial charge in [0.2, 0.25) is 0 Å². The standard InChI is InChI=1S/C26H23ClN2O3/c1-15(2)17-8-10-18(11-9-17)23-22(24(30)19-6-4-16(3)5-7-19)25(31)26(32)29(23)21-13-12-20(27)14-28-21/h4-15,23,30H,1-3H3/b24-22-. The molecule has 1 fully saturated rings. The highest BCUT2D eigenvalue weighted by atomic mass is 35.5. The molecule has 2 aromatic carbocycles. The smallest absolute Gasteiger partial charge is 0.301 e. The van der Waals surface area contributed by atoms with Gasteiger partial charge in [0.25, 0.3) is 5.78 Å². The number of benzene rings is 2. The summed E-state index contributed by atoms with van der Waals surface area (Å²) in [6.07, 6.45) is 1.43. The maximum atomic E-state index is 13.1. The summed E-state index contributed by atoms with van der Waals surface area (Å²) in [5.41, 5.74) is 3.37. The first-order valence-corrected chi connectivity index (χ1v) is 10.7. The van der Waals surface area contributed by atoms with Crippen LogP contribution in [0.15, 0.2) is 72.4 Å². The van der Waals surface area contributed by atoms with Gasteiger partial charge in [0.1, 0.15) is 11.6 Å². The van der Waals surface area contributed by atoms with Crippen LogP contribution in [0.5, 0.6) is 0 Å². The number of aryl methyl sites for hydroxylation is 1. The number of hydrogen-bond donors (Lipinski definition) is 1. The van der Waals surface area contributed by atoms with Gasteiger partial charge in [0.15, 0.2) is 0 Å². The van der Waals surface area contributed by atoms with Crippen molar-refractivity contribution in [1.29, 1.82) is 0 Å². The molecule has 32 heavy (non-hydrogen) atoms. The first-order valence-electron chi connectivity index (χ1n) is 10.4. The topological polar surface area (TPSA) is 70.5 Å². The highest BCUT2D eigenvalue weighted by Gasteiger charge is 2.47. The van der Waals surface area contributed by atoms with Crippen LogP contribution in [0, 0.1) is 6.92 Å². The van der Waals surface area contributed by atoms with E-state index in [-0.39, 0.29) is 17.2 Å². The first kappa shape index (κ1) is 21.8.